The molecular formula is C34H36N2O5S3. The fraction of sp³-hybridized carbons (Fsp3) is 0.294. The van der Waals surface area contributed by atoms with Gasteiger partial charge in [0.05, 0.1) is 0 Å². The van der Waals surface area contributed by atoms with Crippen molar-refractivity contribution in [3.63, 3.8) is 0 Å². The van der Waals surface area contributed by atoms with Crippen LogP contribution in [0, 0.1) is 0 Å². The summed E-state index contributed by atoms with van der Waals surface area (Å²) in [5, 5.41) is 13.0. The minimum atomic E-state index is -3.50. The van der Waals surface area contributed by atoms with Crippen molar-refractivity contribution in [3.8, 4) is 27.7 Å². The van der Waals surface area contributed by atoms with Gasteiger partial charge >= 0.3 is 0 Å². The van der Waals surface area contributed by atoms with Crippen LogP contribution in [0.5, 0.6) is 17.2 Å². The van der Waals surface area contributed by atoms with E-state index in [9.17, 15) is 13.5 Å². The highest BCUT2D eigenvalue weighted by atomic mass is 32.2. The van der Waals surface area contributed by atoms with Crippen molar-refractivity contribution in [2.24, 2.45) is 0 Å². The Hall–Kier alpha value is -3.41. The van der Waals surface area contributed by atoms with E-state index in [0.29, 0.717) is 16.6 Å². The maximum Gasteiger partial charge on any atom is 0.250 e. The first-order valence-electron chi connectivity index (χ1n) is 14.9. The lowest BCUT2D eigenvalue weighted by atomic mass is 9.99. The van der Waals surface area contributed by atoms with Crippen LogP contribution in [0.4, 0.5) is 0 Å². The van der Waals surface area contributed by atoms with E-state index in [1.807, 2.05) is 48.5 Å². The molecule has 44 heavy (non-hydrogen) atoms. The monoisotopic (exact) mass is 648 g/mol. The number of aromatic hydroxyl groups is 1. The summed E-state index contributed by atoms with van der Waals surface area (Å²) in [5.41, 5.74) is 3.46. The molecule has 0 bridgehead atoms. The molecule has 1 aliphatic heterocycles. The molecule has 0 radical (unpaired) electrons. The summed E-state index contributed by atoms with van der Waals surface area (Å²) in [4.78, 5) is 3.65. The molecule has 7 nitrogen and oxygen atoms in total. The lowest BCUT2D eigenvalue weighted by molar-refractivity contribution is 0.183. The van der Waals surface area contributed by atoms with Crippen molar-refractivity contribution >= 4 is 42.8 Å². The quantitative estimate of drug-likeness (QED) is 0.132. The van der Waals surface area contributed by atoms with E-state index in [0.717, 1.165) is 39.9 Å². The summed E-state index contributed by atoms with van der Waals surface area (Å²) in [6.45, 7) is 4.40. The SMILES string of the molecule is O=S(=O)(NCCOc1ccc(Cc2c(-c3ccc(OCCN4CCCCC4)cc3)sc3cc(O)ccc23)cc1)c1cccs1. The number of nitrogens with zero attached hydrogens (tertiary/aromatic N) is 1. The third-order valence-corrected chi connectivity index (χ3v) is 11.8. The van der Waals surface area contributed by atoms with E-state index < -0.39 is 10.0 Å². The molecule has 3 heterocycles. The van der Waals surface area contributed by atoms with Crippen molar-refractivity contribution in [1.29, 1.82) is 0 Å². The minimum Gasteiger partial charge on any atom is -0.508 e. The van der Waals surface area contributed by atoms with Gasteiger partial charge in [0.15, 0.2) is 0 Å². The molecule has 0 saturated carbocycles. The van der Waals surface area contributed by atoms with E-state index in [1.165, 1.54) is 54.1 Å². The van der Waals surface area contributed by atoms with Crippen LogP contribution < -0.4 is 14.2 Å². The molecule has 0 spiro atoms. The highest BCUT2D eigenvalue weighted by molar-refractivity contribution is 7.91. The summed E-state index contributed by atoms with van der Waals surface area (Å²) in [6, 6.07) is 25.1. The van der Waals surface area contributed by atoms with Gasteiger partial charge in [0.25, 0.3) is 0 Å². The number of sulfonamides is 1. The summed E-state index contributed by atoms with van der Waals surface area (Å²) in [5.74, 6) is 1.81. The molecule has 2 N–H and O–H groups in total. The Morgan fingerprint density at radius 2 is 1.59 bits per heavy atom. The second-order valence-corrected chi connectivity index (χ2v) is 14.9. The normalized spacial score (nSPS) is 14.2. The van der Waals surface area contributed by atoms with Crippen LogP contribution >= 0.6 is 22.7 Å². The summed E-state index contributed by atoms with van der Waals surface area (Å²) in [6.07, 6.45) is 4.62. The van der Waals surface area contributed by atoms with Crippen LogP contribution in [-0.2, 0) is 16.4 Å². The number of phenols is 1. The topological polar surface area (TPSA) is 88.1 Å². The second-order valence-electron chi connectivity index (χ2n) is 10.9. The molecule has 0 atom stereocenters. The molecule has 5 aromatic rings. The number of ether oxygens (including phenoxy) is 2. The number of benzene rings is 3. The molecular weight excluding hydrogens is 613 g/mol. The Morgan fingerprint density at radius 3 is 2.32 bits per heavy atom. The maximum atomic E-state index is 12.3. The van der Waals surface area contributed by atoms with Crippen LogP contribution in [0.25, 0.3) is 20.5 Å². The summed E-state index contributed by atoms with van der Waals surface area (Å²) < 4.78 is 40.3. The maximum absolute atomic E-state index is 12.3. The van der Waals surface area contributed by atoms with E-state index in [-0.39, 0.29) is 18.9 Å². The number of thiophene rings is 2. The van der Waals surface area contributed by atoms with Gasteiger partial charge in [-0.1, -0.05) is 24.6 Å². The molecule has 1 saturated heterocycles. The molecule has 1 fully saturated rings. The highest BCUT2D eigenvalue weighted by Crippen LogP contribution is 2.41. The Balaban J connectivity index is 1.10. The molecule has 3 aromatic carbocycles. The highest BCUT2D eigenvalue weighted by Gasteiger charge is 2.17. The molecule has 2 aromatic heterocycles. The number of phenolic OH excluding ortho intramolecular Hbond substituents is 1. The number of hydrogen-bond acceptors (Lipinski definition) is 8. The average molecular weight is 649 g/mol. The zero-order valence-electron chi connectivity index (χ0n) is 24.4. The van der Waals surface area contributed by atoms with Gasteiger partial charge in [-0.25, -0.2) is 13.1 Å². The standard InChI is InChI=1S/C34H36N2O5S3/c37-27-10-15-30-31(23-25-6-11-28(12-7-25)40-20-16-35-44(38,39)33-5-4-22-42-33)34(43-32(30)24-27)26-8-13-29(14-9-26)41-21-19-36-17-2-1-3-18-36/h4-15,22,24,35,37H,1-3,16-21,23H2. The van der Waals surface area contributed by atoms with Gasteiger partial charge in [-0.15, -0.1) is 22.7 Å². The van der Waals surface area contributed by atoms with Crippen molar-refractivity contribution in [3.05, 3.63) is 95.4 Å². The van der Waals surface area contributed by atoms with Crippen molar-refractivity contribution in [1.82, 2.24) is 9.62 Å². The summed E-state index contributed by atoms with van der Waals surface area (Å²) >= 11 is 2.87. The van der Waals surface area contributed by atoms with Gasteiger partial charge in [0, 0.05) is 22.7 Å². The van der Waals surface area contributed by atoms with E-state index in [4.69, 9.17) is 9.47 Å². The van der Waals surface area contributed by atoms with Gasteiger partial charge < -0.3 is 14.6 Å². The number of rotatable bonds is 13. The van der Waals surface area contributed by atoms with Gasteiger partial charge in [-0.2, -0.15) is 0 Å². The van der Waals surface area contributed by atoms with Crippen LogP contribution in [0.2, 0.25) is 0 Å². The lowest BCUT2D eigenvalue weighted by Gasteiger charge is -2.26. The van der Waals surface area contributed by atoms with Gasteiger partial charge in [0.2, 0.25) is 10.0 Å². The van der Waals surface area contributed by atoms with E-state index in [1.54, 1.807) is 34.9 Å². The number of nitrogens with one attached hydrogen (secondary N) is 1. The zero-order chi connectivity index (χ0) is 30.4. The van der Waals surface area contributed by atoms with Crippen molar-refractivity contribution in [2.45, 2.75) is 29.9 Å². The Morgan fingerprint density at radius 1 is 0.864 bits per heavy atom. The van der Waals surface area contributed by atoms with Crippen molar-refractivity contribution < 1.29 is 23.0 Å². The third kappa shape index (κ3) is 7.62. The molecule has 0 amide bonds. The van der Waals surface area contributed by atoms with Gasteiger partial charge in [0.1, 0.15) is 34.7 Å². The number of fused-ring (bicyclic) bond motifs is 1. The van der Waals surface area contributed by atoms with E-state index in [2.05, 4.69) is 21.8 Å². The van der Waals surface area contributed by atoms with Gasteiger partial charge in [-0.05, 0) is 120 Å². The number of likely N-dealkylation sites (tertiary alicyclic amines) is 1. The molecule has 0 aliphatic carbocycles. The van der Waals surface area contributed by atoms with Crippen LogP contribution in [0.15, 0.2) is 88.5 Å². The van der Waals surface area contributed by atoms with Crippen LogP contribution in [-0.4, -0.2) is 57.8 Å². The number of hydrogen-bond donors (Lipinski definition) is 2. The fourth-order valence-corrected chi connectivity index (χ4v) is 8.78. The second kappa shape index (κ2) is 14.1. The lowest BCUT2D eigenvalue weighted by Crippen LogP contribution is -2.33. The first-order valence-corrected chi connectivity index (χ1v) is 18.1. The minimum absolute atomic E-state index is 0.182. The third-order valence-electron chi connectivity index (χ3n) is 7.74. The van der Waals surface area contributed by atoms with Crippen molar-refractivity contribution in [2.75, 3.05) is 39.4 Å². The Kier molecular flexibility index (Phi) is 9.83. The van der Waals surface area contributed by atoms with Crippen LogP contribution in [0.1, 0.15) is 30.4 Å². The number of piperidine rings is 1. The van der Waals surface area contributed by atoms with E-state index >= 15 is 0 Å². The Labute approximate surface area is 266 Å². The molecule has 1 aliphatic rings. The first kappa shape index (κ1) is 30.6. The zero-order valence-corrected chi connectivity index (χ0v) is 26.9. The largest absolute Gasteiger partial charge is 0.508 e. The first-order chi connectivity index (χ1) is 21.4. The summed E-state index contributed by atoms with van der Waals surface area (Å²) in [7, 11) is -3.50. The van der Waals surface area contributed by atoms with Crippen LogP contribution in [0.3, 0.4) is 0 Å². The molecule has 10 heteroatoms. The van der Waals surface area contributed by atoms with Gasteiger partial charge in [-0.3, -0.25) is 4.90 Å². The fourth-order valence-electron chi connectivity index (χ4n) is 5.47. The predicted octanol–water partition coefficient (Wildman–Crippen LogP) is 7.15. The predicted molar refractivity (Wildman–Crippen MR) is 179 cm³/mol. The Bertz CT molecular complexity index is 1760. The smallest absolute Gasteiger partial charge is 0.250 e. The molecule has 6 rings (SSSR count). The molecule has 0 unspecified atom stereocenters. The average Bonchev–Trinajstić information content (AvgIpc) is 3.71. The molecule has 230 valence electrons.